The summed E-state index contributed by atoms with van der Waals surface area (Å²) in [5.41, 5.74) is 3.00. The van der Waals surface area contributed by atoms with Crippen LogP contribution in [-0.4, -0.2) is 53.7 Å². The minimum Gasteiger partial charge on any atom is -0.493 e. The summed E-state index contributed by atoms with van der Waals surface area (Å²) in [5.74, 6) is 0.380. The Kier molecular flexibility index (Phi) is 7.09. The van der Waals surface area contributed by atoms with Gasteiger partial charge in [-0.15, -0.1) is 0 Å². The molecule has 4 rings (SSSR count). The molecule has 33 heavy (non-hydrogen) atoms. The molecule has 0 aliphatic carbocycles. The van der Waals surface area contributed by atoms with Crippen molar-refractivity contribution in [3.05, 3.63) is 62.5 Å². The Labute approximate surface area is 204 Å². The highest BCUT2D eigenvalue weighted by molar-refractivity contribution is 9.10. The third kappa shape index (κ3) is 4.94. The lowest BCUT2D eigenvalue weighted by molar-refractivity contribution is -0.136. The van der Waals surface area contributed by atoms with E-state index >= 15 is 0 Å². The summed E-state index contributed by atoms with van der Waals surface area (Å²) in [6.07, 6.45) is 2.38. The second-order valence-electron chi connectivity index (χ2n) is 7.56. The van der Waals surface area contributed by atoms with E-state index in [-0.39, 0.29) is 17.4 Å². The van der Waals surface area contributed by atoms with Crippen molar-refractivity contribution in [2.45, 2.75) is 19.9 Å². The van der Waals surface area contributed by atoms with Crippen LogP contribution in [0.1, 0.15) is 23.6 Å². The molecule has 0 radical (unpaired) electrons. The number of benzene rings is 2. The first kappa shape index (κ1) is 23.4. The highest BCUT2D eigenvalue weighted by Gasteiger charge is 2.37. The van der Waals surface area contributed by atoms with E-state index in [4.69, 9.17) is 9.47 Å². The Morgan fingerprint density at radius 1 is 1.18 bits per heavy atom. The van der Waals surface area contributed by atoms with E-state index in [9.17, 15) is 14.4 Å². The van der Waals surface area contributed by atoms with Crippen molar-refractivity contribution in [2.75, 3.05) is 26.8 Å². The Hall–Kier alpha value is -2.78. The number of hydrogen-bond acceptors (Lipinski definition) is 6. The summed E-state index contributed by atoms with van der Waals surface area (Å²) in [6.45, 7) is 3.11. The van der Waals surface area contributed by atoms with Gasteiger partial charge < -0.3 is 14.4 Å². The molecule has 1 fully saturated rings. The van der Waals surface area contributed by atoms with Crippen LogP contribution in [0.3, 0.4) is 0 Å². The molecule has 3 amide bonds. The molecular formula is C24H23BrN2O5S. The third-order valence-corrected chi connectivity index (χ3v) is 7.11. The van der Waals surface area contributed by atoms with Crippen molar-refractivity contribution in [2.24, 2.45) is 0 Å². The second kappa shape index (κ2) is 10.0. The topological polar surface area (TPSA) is 76.2 Å². The second-order valence-corrected chi connectivity index (χ2v) is 9.41. The first-order valence-electron chi connectivity index (χ1n) is 10.5. The summed E-state index contributed by atoms with van der Waals surface area (Å²) in [6, 6.07) is 11.5. The zero-order valence-electron chi connectivity index (χ0n) is 18.3. The minimum absolute atomic E-state index is 0.239. The van der Waals surface area contributed by atoms with E-state index in [0.717, 1.165) is 28.6 Å². The highest BCUT2D eigenvalue weighted by atomic mass is 79.9. The van der Waals surface area contributed by atoms with Crippen molar-refractivity contribution in [1.29, 1.82) is 0 Å². The quantitative estimate of drug-likeness (QED) is 0.512. The lowest BCUT2D eigenvalue weighted by Gasteiger charge is -2.29. The fourth-order valence-electron chi connectivity index (χ4n) is 3.81. The number of nitrogens with zero attached hydrogens (tertiary/aromatic N) is 2. The first-order valence-corrected chi connectivity index (χ1v) is 12.1. The molecule has 0 unspecified atom stereocenters. The third-order valence-electron chi connectivity index (χ3n) is 5.52. The monoisotopic (exact) mass is 530 g/mol. The van der Waals surface area contributed by atoms with E-state index in [1.54, 1.807) is 30.2 Å². The number of imide groups is 1. The summed E-state index contributed by atoms with van der Waals surface area (Å²) < 4.78 is 11.6. The fraction of sp³-hybridized carbons (Fsp3) is 0.292. The van der Waals surface area contributed by atoms with Crippen LogP contribution in [0.15, 0.2) is 45.8 Å². The molecular weight excluding hydrogens is 508 g/mol. The van der Waals surface area contributed by atoms with Crippen LogP contribution in [0.5, 0.6) is 11.5 Å². The minimum atomic E-state index is -0.476. The van der Waals surface area contributed by atoms with E-state index in [1.807, 2.05) is 25.1 Å². The van der Waals surface area contributed by atoms with Gasteiger partial charge in [-0.1, -0.05) is 40.2 Å². The van der Waals surface area contributed by atoms with Gasteiger partial charge in [-0.3, -0.25) is 19.3 Å². The van der Waals surface area contributed by atoms with Gasteiger partial charge in [0.15, 0.2) is 11.5 Å². The van der Waals surface area contributed by atoms with E-state index < -0.39 is 11.1 Å². The van der Waals surface area contributed by atoms with Gasteiger partial charge in [0.05, 0.1) is 18.6 Å². The maximum absolute atomic E-state index is 13.0. The molecule has 1 saturated heterocycles. The molecule has 2 aliphatic heterocycles. The van der Waals surface area contributed by atoms with Gasteiger partial charge >= 0.3 is 0 Å². The number of rotatable bonds is 6. The molecule has 2 heterocycles. The average Bonchev–Trinajstić information content (AvgIpc) is 3.08. The van der Waals surface area contributed by atoms with Crippen LogP contribution in [0.25, 0.3) is 6.08 Å². The molecule has 0 atom stereocenters. The number of methoxy groups -OCH3 is 1. The average molecular weight is 531 g/mol. The van der Waals surface area contributed by atoms with Crippen molar-refractivity contribution < 1.29 is 23.9 Å². The molecule has 0 spiro atoms. The van der Waals surface area contributed by atoms with Crippen LogP contribution in [-0.2, 0) is 22.6 Å². The van der Waals surface area contributed by atoms with Gasteiger partial charge in [0.25, 0.3) is 11.1 Å². The number of carbonyl (C=O) groups excluding carboxylic acids is 3. The van der Waals surface area contributed by atoms with Crippen LogP contribution < -0.4 is 9.47 Å². The van der Waals surface area contributed by atoms with Crippen molar-refractivity contribution >= 4 is 50.8 Å². The number of fused-ring (bicyclic) bond motifs is 1. The van der Waals surface area contributed by atoms with Gasteiger partial charge in [-0.05, 0) is 60.0 Å². The molecule has 0 saturated carbocycles. The standard InChI is InChI=1S/C24H23BrN2O5S/c1-3-32-20-10-17(18(25)12-19(20)31-2)11-21-23(29)27(24(30)33-21)14-22(28)26-9-8-15-6-4-5-7-16(15)13-26/h4-7,10-12H,3,8-9,13-14H2,1-2H3/b21-11-. The summed E-state index contributed by atoms with van der Waals surface area (Å²) >= 11 is 4.30. The number of amides is 3. The summed E-state index contributed by atoms with van der Waals surface area (Å²) in [7, 11) is 1.55. The normalized spacial score (nSPS) is 16.9. The summed E-state index contributed by atoms with van der Waals surface area (Å²) in [4.78, 5) is 41.4. The van der Waals surface area contributed by atoms with Crippen molar-refractivity contribution in [1.82, 2.24) is 9.80 Å². The van der Waals surface area contributed by atoms with E-state index in [2.05, 4.69) is 22.0 Å². The molecule has 2 aromatic carbocycles. The molecule has 2 aliphatic rings. The van der Waals surface area contributed by atoms with Crippen molar-refractivity contribution in [3.63, 3.8) is 0 Å². The first-order chi connectivity index (χ1) is 15.9. The Balaban J connectivity index is 1.50. The Morgan fingerprint density at radius 2 is 1.94 bits per heavy atom. The molecule has 0 bridgehead atoms. The van der Waals surface area contributed by atoms with Crippen LogP contribution in [0.2, 0.25) is 0 Å². The lowest BCUT2D eigenvalue weighted by Crippen LogP contribution is -2.44. The largest absolute Gasteiger partial charge is 0.493 e. The fourth-order valence-corrected chi connectivity index (χ4v) is 5.08. The van der Waals surface area contributed by atoms with Gasteiger partial charge in [-0.25, -0.2) is 0 Å². The Morgan fingerprint density at radius 3 is 2.67 bits per heavy atom. The lowest BCUT2D eigenvalue weighted by atomic mass is 10.00. The maximum atomic E-state index is 13.0. The Bertz CT molecular complexity index is 1150. The molecule has 9 heteroatoms. The van der Waals surface area contributed by atoms with Crippen LogP contribution >= 0.6 is 27.7 Å². The number of halogens is 1. The number of hydrogen-bond donors (Lipinski definition) is 0. The van der Waals surface area contributed by atoms with Crippen molar-refractivity contribution in [3.8, 4) is 11.5 Å². The molecule has 0 aromatic heterocycles. The maximum Gasteiger partial charge on any atom is 0.294 e. The van der Waals surface area contributed by atoms with E-state index in [1.165, 1.54) is 5.56 Å². The number of ether oxygens (including phenoxy) is 2. The van der Waals surface area contributed by atoms with Gasteiger partial charge in [0, 0.05) is 17.6 Å². The van der Waals surface area contributed by atoms with Crippen LogP contribution in [0.4, 0.5) is 4.79 Å². The molecule has 172 valence electrons. The molecule has 0 N–H and O–H groups in total. The zero-order valence-corrected chi connectivity index (χ0v) is 20.7. The van der Waals surface area contributed by atoms with Gasteiger partial charge in [0.2, 0.25) is 5.91 Å². The van der Waals surface area contributed by atoms with E-state index in [0.29, 0.717) is 41.2 Å². The highest BCUT2D eigenvalue weighted by Crippen LogP contribution is 2.38. The molecule has 7 nitrogen and oxygen atoms in total. The zero-order chi connectivity index (χ0) is 23.5. The predicted molar refractivity (Wildman–Crippen MR) is 130 cm³/mol. The number of carbonyl (C=O) groups is 3. The smallest absolute Gasteiger partial charge is 0.294 e. The van der Waals surface area contributed by atoms with Crippen LogP contribution in [0, 0.1) is 0 Å². The van der Waals surface area contributed by atoms with Gasteiger partial charge in [0.1, 0.15) is 6.54 Å². The molecule has 2 aromatic rings. The predicted octanol–water partition coefficient (Wildman–Crippen LogP) is 4.48. The number of thioether (sulfide) groups is 1. The van der Waals surface area contributed by atoms with Gasteiger partial charge in [-0.2, -0.15) is 0 Å². The summed E-state index contributed by atoms with van der Waals surface area (Å²) in [5, 5.41) is -0.452. The SMILES string of the molecule is CCOc1cc(/C=C2\SC(=O)N(CC(=O)N3CCc4ccccc4C3)C2=O)c(Br)cc1OC.